The number of anilines is 2. The van der Waals surface area contributed by atoms with Crippen molar-refractivity contribution in [1.82, 2.24) is 19.9 Å². The summed E-state index contributed by atoms with van der Waals surface area (Å²) in [6.07, 6.45) is -3.79. The summed E-state index contributed by atoms with van der Waals surface area (Å²) in [4.78, 5) is 57.6. The Bertz CT molecular complexity index is 2110. The summed E-state index contributed by atoms with van der Waals surface area (Å²) >= 11 is 8.60. The maximum atomic E-state index is 17.2. The molecule has 19 heteroatoms. The van der Waals surface area contributed by atoms with Gasteiger partial charge in [0.1, 0.15) is 33.8 Å². The van der Waals surface area contributed by atoms with E-state index in [0.29, 0.717) is 30.8 Å². The number of benzene rings is 1. The summed E-state index contributed by atoms with van der Waals surface area (Å²) in [5, 5.41) is -0.874. The maximum absolute atomic E-state index is 17.2. The second-order valence-corrected chi connectivity index (χ2v) is 19.4. The Labute approximate surface area is 358 Å². The predicted molar refractivity (Wildman–Crippen MR) is 221 cm³/mol. The van der Waals surface area contributed by atoms with Crippen LogP contribution in [0.1, 0.15) is 93.6 Å². The zero-order valence-electron chi connectivity index (χ0n) is 34.4. The van der Waals surface area contributed by atoms with Crippen molar-refractivity contribution in [2.75, 3.05) is 33.9 Å². The molecule has 3 amide bonds. The minimum Gasteiger partial charge on any atom is -0.463 e. The summed E-state index contributed by atoms with van der Waals surface area (Å²) < 4.78 is 85.3. The van der Waals surface area contributed by atoms with Crippen molar-refractivity contribution >= 4 is 74.9 Å². The van der Waals surface area contributed by atoms with Crippen molar-refractivity contribution in [3.05, 3.63) is 34.7 Å². The third-order valence-corrected chi connectivity index (χ3v) is 11.7. The van der Waals surface area contributed by atoms with Gasteiger partial charge in [0.05, 0.1) is 40.4 Å². The first-order chi connectivity index (χ1) is 27.2. The minimum absolute atomic E-state index is 0.0821. The number of rotatable bonds is 7. The van der Waals surface area contributed by atoms with Gasteiger partial charge in [0, 0.05) is 34.7 Å². The third-order valence-electron chi connectivity index (χ3n) is 9.80. The Hall–Kier alpha value is -3.94. The molecular formula is C40H48ClF4IN6O7. The molecule has 1 aromatic carbocycles. The molecule has 3 aromatic rings. The van der Waals surface area contributed by atoms with E-state index in [1.54, 1.807) is 25.7 Å². The highest BCUT2D eigenvalue weighted by Gasteiger charge is 2.46. The zero-order chi connectivity index (χ0) is 43.6. The van der Waals surface area contributed by atoms with Crippen LogP contribution in [-0.2, 0) is 20.4 Å². The standard InChI is InChI=1S/C40H48ClF4IN6O7/c1-36(2,3)57-33(53)51-21-10-11-22(51)18-50(17-21)31-25-16-47-29(28(42)30(25)48-32(49-31)56-20-39(19-46)12-13-39)24-14-23(15-26(41)27(24)40(43,44)45)52(34(54)58-37(4,5)6)35(55)59-38(7,8)9/h14-16,21-22H,10-13,17-20H2,1-9H3. The molecule has 3 aliphatic rings. The van der Waals surface area contributed by atoms with Gasteiger partial charge in [-0.05, 0) is 100 Å². The highest BCUT2D eigenvalue weighted by Crippen LogP contribution is 2.48. The number of amides is 3. The highest BCUT2D eigenvalue weighted by atomic mass is 127. The van der Waals surface area contributed by atoms with Gasteiger partial charge < -0.3 is 23.8 Å². The summed E-state index contributed by atoms with van der Waals surface area (Å²) in [6.45, 7) is 15.4. The number of ether oxygens (including phenoxy) is 4. The number of aromatic nitrogens is 3. The van der Waals surface area contributed by atoms with Crippen molar-refractivity contribution in [3.63, 3.8) is 0 Å². The lowest BCUT2D eigenvalue weighted by molar-refractivity contribution is -0.137. The van der Waals surface area contributed by atoms with Gasteiger partial charge in [-0.2, -0.15) is 28.0 Å². The van der Waals surface area contributed by atoms with Gasteiger partial charge in [-0.1, -0.05) is 34.2 Å². The van der Waals surface area contributed by atoms with Gasteiger partial charge in [0.2, 0.25) is 0 Å². The molecule has 2 atom stereocenters. The quantitative estimate of drug-likeness (QED) is 0.0969. The van der Waals surface area contributed by atoms with Crippen molar-refractivity contribution in [3.8, 4) is 17.3 Å². The number of hydrogen-bond donors (Lipinski definition) is 0. The van der Waals surface area contributed by atoms with E-state index in [2.05, 4.69) is 32.6 Å². The molecule has 2 aliphatic heterocycles. The molecule has 0 spiro atoms. The third kappa shape index (κ3) is 10.00. The molecule has 6 rings (SSSR count). The van der Waals surface area contributed by atoms with E-state index >= 15 is 4.39 Å². The molecule has 1 aliphatic carbocycles. The monoisotopic (exact) mass is 962 g/mol. The first kappa shape index (κ1) is 44.6. The number of alkyl halides is 4. The lowest BCUT2D eigenvalue weighted by atomic mass is 10.0. The second-order valence-electron chi connectivity index (χ2n) is 18.3. The number of imide groups is 1. The van der Waals surface area contributed by atoms with Crippen LogP contribution in [0.5, 0.6) is 6.01 Å². The summed E-state index contributed by atoms with van der Waals surface area (Å²) in [5.74, 6) is -1.03. The van der Waals surface area contributed by atoms with E-state index in [4.69, 9.17) is 35.5 Å². The first-order valence-corrected chi connectivity index (χ1v) is 21.1. The van der Waals surface area contributed by atoms with Crippen LogP contribution in [0.4, 0.5) is 43.5 Å². The summed E-state index contributed by atoms with van der Waals surface area (Å²) in [5.41, 5.74) is -7.16. The molecule has 322 valence electrons. The van der Waals surface area contributed by atoms with Gasteiger partial charge in [-0.3, -0.25) is 9.88 Å². The average molecular weight is 963 g/mol. The number of hydrogen-bond acceptors (Lipinski definition) is 11. The van der Waals surface area contributed by atoms with Crippen LogP contribution in [0.2, 0.25) is 5.02 Å². The predicted octanol–water partition coefficient (Wildman–Crippen LogP) is 10.4. The smallest absolute Gasteiger partial charge is 0.424 e. The lowest BCUT2D eigenvalue weighted by Gasteiger charge is -2.42. The number of nitrogens with zero attached hydrogens (tertiary/aromatic N) is 6. The zero-order valence-corrected chi connectivity index (χ0v) is 37.3. The molecule has 2 aromatic heterocycles. The topological polar surface area (TPSA) is 137 Å². The Balaban J connectivity index is 1.50. The Morgan fingerprint density at radius 1 is 0.898 bits per heavy atom. The Morgan fingerprint density at radius 2 is 1.46 bits per heavy atom. The molecule has 1 saturated carbocycles. The Morgan fingerprint density at radius 3 is 1.95 bits per heavy atom. The summed E-state index contributed by atoms with van der Waals surface area (Å²) in [7, 11) is 0. The molecule has 13 nitrogen and oxygen atoms in total. The fraction of sp³-hybridized carbons (Fsp3) is 0.600. The van der Waals surface area contributed by atoms with Crippen LogP contribution in [0.15, 0.2) is 18.3 Å². The van der Waals surface area contributed by atoms with Crippen LogP contribution in [0.25, 0.3) is 22.2 Å². The fourth-order valence-electron chi connectivity index (χ4n) is 7.01. The van der Waals surface area contributed by atoms with Crippen LogP contribution in [0.3, 0.4) is 0 Å². The van der Waals surface area contributed by atoms with Crippen LogP contribution < -0.4 is 14.5 Å². The molecule has 3 fully saturated rings. The second kappa shape index (κ2) is 15.8. The molecular weight excluding hydrogens is 915 g/mol. The molecule has 4 heterocycles. The van der Waals surface area contributed by atoms with Gasteiger partial charge in [-0.25, -0.2) is 18.8 Å². The van der Waals surface area contributed by atoms with E-state index < -0.39 is 74.6 Å². The van der Waals surface area contributed by atoms with Crippen LogP contribution in [-0.4, -0.2) is 91.1 Å². The fourth-order valence-corrected chi connectivity index (χ4v) is 8.32. The largest absolute Gasteiger partial charge is 0.463 e. The van der Waals surface area contributed by atoms with Gasteiger partial charge in [-0.15, -0.1) is 0 Å². The van der Waals surface area contributed by atoms with Crippen molar-refractivity contribution in [2.45, 2.75) is 123 Å². The van der Waals surface area contributed by atoms with E-state index in [-0.39, 0.29) is 46.8 Å². The molecule has 2 unspecified atom stereocenters. The lowest BCUT2D eigenvalue weighted by Crippen LogP contribution is -2.57. The van der Waals surface area contributed by atoms with E-state index in [1.807, 2.05) is 4.90 Å². The Kier molecular flexibility index (Phi) is 12.0. The van der Waals surface area contributed by atoms with Crippen LogP contribution in [0, 0.1) is 11.2 Å². The molecule has 2 bridgehead atoms. The molecule has 0 radical (unpaired) electrons. The number of halogens is 6. The molecule has 0 N–H and O–H groups in total. The highest BCUT2D eigenvalue weighted by molar-refractivity contribution is 14.1. The number of fused-ring (bicyclic) bond motifs is 3. The summed E-state index contributed by atoms with van der Waals surface area (Å²) in [6, 6.07) is 0.815. The number of piperazine rings is 1. The van der Waals surface area contributed by atoms with Crippen molar-refractivity contribution in [2.24, 2.45) is 5.41 Å². The normalized spacial score (nSPS) is 19.1. The number of pyridine rings is 1. The average Bonchev–Trinajstić information content (AvgIpc) is 3.81. The van der Waals surface area contributed by atoms with E-state index in [9.17, 15) is 27.6 Å². The van der Waals surface area contributed by atoms with Gasteiger partial charge in [0.15, 0.2) is 5.82 Å². The van der Waals surface area contributed by atoms with Crippen LogP contribution >= 0.6 is 34.2 Å². The number of carbonyl (C=O) groups is 3. The maximum Gasteiger partial charge on any atom is 0.424 e. The van der Waals surface area contributed by atoms with Gasteiger partial charge >= 0.3 is 30.5 Å². The minimum atomic E-state index is -5.16. The van der Waals surface area contributed by atoms with Crippen molar-refractivity contribution < 1.29 is 50.9 Å². The SMILES string of the molecule is CC(C)(C)OC(=O)N(C(=O)OC(C)(C)C)c1cc(Cl)c(C(F)(F)F)c(-c2ncc3c(N4CC5CCC(C4)N5C(=O)OC(C)(C)C)nc(OCC4(CI)CC4)nc3c2F)c1. The first-order valence-electron chi connectivity index (χ1n) is 19.2. The number of carbonyl (C=O) groups excluding carboxylic acids is 3. The molecule has 2 saturated heterocycles. The van der Waals surface area contributed by atoms with Gasteiger partial charge in [0.25, 0.3) is 0 Å². The van der Waals surface area contributed by atoms with Crippen molar-refractivity contribution in [1.29, 1.82) is 0 Å². The van der Waals surface area contributed by atoms with E-state index in [1.165, 1.54) is 47.7 Å². The molecule has 59 heavy (non-hydrogen) atoms. The van der Waals surface area contributed by atoms with E-state index in [0.717, 1.165) is 29.4 Å².